The van der Waals surface area contributed by atoms with Gasteiger partial charge in [-0.2, -0.15) is 0 Å². The third-order valence-corrected chi connectivity index (χ3v) is 5.13. The second kappa shape index (κ2) is 30.7. The number of rotatable bonds is 32. The van der Waals surface area contributed by atoms with Crippen molar-refractivity contribution in [2.75, 3.05) is 132 Å². The Morgan fingerprint density at radius 2 is 0.738 bits per heavy atom. The molecule has 0 aliphatic carbocycles. The molecule has 0 saturated heterocycles. The van der Waals surface area contributed by atoms with Crippen LogP contribution in [-0.4, -0.2) is 144 Å². The van der Waals surface area contributed by atoms with Crippen LogP contribution in [0, 0.1) is 0 Å². The number of carbonyl (C=O) groups is 1. The largest absolute Gasteiger partial charge is 0.460 e. The van der Waals surface area contributed by atoms with Gasteiger partial charge < -0.3 is 52.1 Å². The zero-order valence-corrected chi connectivity index (χ0v) is 25.5. The van der Waals surface area contributed by atoms with Crippen molar-refractivity contribution in [3.63, 3.8) is 0 Å². The summed E-state index contributed by atoms with van der Waals surface area (Å²) >= 11 is 0. The quantitative estimate of drug-likeness (QED) is 0.0888. The first-order valence-corrected chi connectivity index (χ1v) is 14.7. The van der Waals surface area contributed by atoms with Crippen LogP contribution in [0.1, 0.15) is 24.2 Å². The van der Waals surface area contributed by atoms with E-state index in [1.807, 2.05) is 19.9 Å². The fourth-order valence-electron chi connectivity index (χ4n) is 3.05. The maximum atomic E-state index is 11.8. The molecule has 0 bridgehead atoms. The molecule has 0 fully saturated rings. The van der Waals surface area contributed by atoms with Crippen LogP contribution in [-0.2, 0) is 52.1 Å². The van der Waals surface area contributed by atoms with Gasteiger partial charge in [0.2, 0.25) is 0 Å². The van der Waals surface area contributed by atoms with Crippen LogP contribution in [0.15, 0.2) is 30.3 Å². The molecule has 0 radical (unpaired) electrons. The Kier molecular flexibility index (Phi) is 28.0. The highest BCUT2D eigenvalue weighted by molar-refractivity contribution is 5.89. The molecule has 0 atom stereocenters. The fourth-order valence-corrected chi connectivity index (χ4v) is 3.05. The van der Waals surface area contributed by atoms with Gasteiger partial charge in [0.05, 0.1) is 137 Å². The molecule has 0 unspecified atom stereocenters. The summed E-state index contributed by atoms with van der Waals surface area (Å²) in [7, 11) is 0. The fraction of sp³-hybridized carbons (Fsp3) is 0.767. The van der Waals surface area contributed by atoms with Gasteiger partial charge in [0, 0.05) is 0 Å². The van der Waals surface area contributed by atoms with Crippen LogP contribution >= 0.6 is 0 Å². The number of carbonyl (C=O) groups excluding carboxylic acids is 1. The van der Waals surface area contributed by atoms with Crippen LogP contribution in [0.5, 0.6) is 0 Å². The minimum Gasteiger partial charge on any atom is -0.460 e. The van der Waals surface area contributed by atoms with Crippen molar-refractivity contribution in [2.45, 2.75) is 20.0 Å². The molecule has 1 rings (SSSR count). The standard InChI is InChI=1S/C30H52O12/c1-28(2)41-26-24-39-22-20-37-18-16-35-14-12-33-10-8-32-9-11-34-13-15-36-17-19-38-21-23-40-25-27-42-30(31)29-6-4-3-5-7-29/h3-7,28H,8-27H2,1-2H3. The molecule has 0 saturated carbocycles. The van der Waals surface area contributed by atoms with Gasteiger partial charge in [-0.25, -0.2) is 4.79 Å². The lowest BCUT2D eigenvalue weighted by atomic mass is 10.2. The summed E-state index contributed by atoms with van der Waals surface area (Å²) in [4.78, 5) is 11.8. The second-order valence-electron chi connectivity index (χ2n) is 8.93. The Bertz CT molecular complexity index is 692. The lowest BCUT2D eigenvalue weighted by molar-refractivity contribution is -0.0283. The van der Waals surface area contributed by atoms with Crippen molar-refractivity contribution in [3.05, 3.63) is 35.9 Å². The first kappa shape index (κ1) is 38.3. The van der Waals surface area contributed by atoms with Crippen LogP contribution in [0.25, 0.3) is 0 Å². The molecule has 0 spiro atoms. The smallest absolute Gasteiger partial charge is 0.338 e. The normalized spacial score (nSPS) is 11.4. The maximum absolute atomic E-state index is 11.8. The summed E-state index contributed by atoms with van der Waals surface area (Å²) in [5.41, 5.74) is 0.527. The van der Waals surface area contributed by atoms with Crippen LogP contribution in [0.4, 0.5) is 0 Å². The number of hydrogen-bond acceptors (Lipinski definition) is 12. The SMILES string of the molecule is CC(C)OCCOCCOCCOCCOCCOCCOCCOCCOCCOCCOC(=O)c1ccccc1. The molecule has 0 N–H and O–H groups in total. The average molecular weight is 605 g/mol. The van der Waals surface area contributed by atoms with Crippen LogP contribution in [0.3, 0.4) is 0 Å². The van der Waals surface area contributed by atoms with E-state index in [-0.39, 0.29) is 18.7 Å². The van der Waals surface area contributed by atoms with Crippen molar-refractivity contribution < 1.29 is 56.9 Å². The molecule has 0 aliphatic heterocycles. The van der Waals surface area contributed by atoms with Gasteiger partial charge in [0.15, 0.2) is 0 Å². The van der Waals surface area contributed by atoms with E-state index in [9.17, 15) is 4.79 Å². The van der Waals surface area contributed by atoms with Crippen molar-refractivity contribution in [1.29, 1.82) is 0 Å². The Morgan fingerprint density at radius 3 is 1.05 bits per heavy atom. The van der Waals surface area contributed by atoms with Gasteiger partial charge in [-0.05, 0) is 26.0 Å². The number of benzene rings is 1. The molecular weight excluding hydrogens is 552 g/mol. The monoisotopic (exact) mass is 604 g/mol. The molecule has 12 heteroatoms. The zero-order chi connectivity index (χ0) is 30.2. The van der Waals surface area contributed by atoms with Gasteiger partial charge in [-0.15, -0.1) is 0 Å². The third-order valence-electron chi connectivity index (χ3n) is 5.13. The zero-order valence-electron chi connectivity index (χ0n) is 25.5. The first-order chi connectivity index (χ1) is 20.7. The average Bonchev–Trinajstić information content (AvgIpc) is 3.00. The van der Waals surface area contributed by atoms with E-state index in [0.717, 1.165) is 0 Å². The highest BCUT2D eigenvalue weighted by atomic mass is 16.6. The van der Waals surface area contributed by atoms with Gasteiger partial charge in [-0.3, -0.25) is 0 Å². The molecule has 0 aromatic heterocycles. The topological polar surface area (TPSA) is 119 Å². The predicted molar refractivity (Wildman–Crippen MR) is 155 cm³/mol. The highest BCUT2D eigenvalue weighted by Crippen LogP contribution is 2.00. The van der Waals surface area contributed by atoms with Crippen molar-refractivity contribution in [2.24, 2.45) is 0 Å². The van der Waals surface area contributed by atoms with Gasteiger partial charge in [0.1, 0.15) is 6.61 Å². The number of esters is 1. The molecule has 244 valence electrons. The minimum atomic E-state index is -0.355. The lowest BCUT2D eigenvalue weighted by Gasteiger charge is -2.09. The van der Waals surface area contributed by atoms with Crippen molar-refractivity contribution in [3.8, 4) is 0 Å². The van der Waals surface area contributed by atoms with Crippen LogP contribution < -0.4 is 0 Å². The summed E-state index contributed by atoms with van der Waals surface area (Å²) in [5.74, 6) is -0.355. The summed E-state index contributed by atoms with van der Waals surface area (Å²) in [5, 5.41) is 0. The number of ether oxygens (including phenoxy) is 11. The maximum Gasteiger partial charge on any atom is 0.338 e. The van der Waals surface area contributed by atoms with E-state index >= 15 is 0 Å². The Labute approximate surface area is 251 Å². The molecule has 12 nitrogen and oxygen atoms in total. The van der Waals surface area contributed by atoms with Gasteiger partial charge >= 0.3 is 5.97 Å². The van der Waals surface area contributed by atoms with E-state index in [4.69, 9.17) is 52.1 Å². The first-order valence-electron chi connectivity index (χ1n) is 14.7. The Morgan fingerprint density at radius 1 is 0.452 bits per heavy atom. The Balaban J connectivity index is 1.65. The van der Waals surface area contributed by atoms with E-state index in [0.29, 0.717) is 131 Å². The molecule has 42 heavy (non-hydrogen) atoms. The molecule has 0 aliphatic rings. The van der Waals surface area contributed by atoms with Crippen molar-refractivity contribution in [1.82, 2.24) is 0 Å². The molecule has 0 heterocycles. The molecular formula is C30H52O12. The number of hydrogen-bond donors (Lipinski definition) is 0. The molecule has 0 amide bonds. The highest BCUT2D eigenvalue weighted by Gasteiger charge is 2.05. The lowest BCUT2D eigenvalue weighted by Crippen LogP contribution is -2.15. The van der Waals surface area contributed by atoms with E-state index in [2.05, 4.69) is 0 Å². The third kappa shape index (κ3) is 27.1. The molecule has 1 aromatic rings. The summed E-state index contributed by atoms with van der Waals surface area (Å²) in [6, 6.07) is 8.85. The second-order valence-corrected chi connectivity index (χ2v) is 8.93. The van der Waals surface area contributed by atoms with Crippen molar-refractivity contribution >= 4 is 5.97 Å². The summed E-state index contributed by atoms with van der Waals surface area (Å²) in [6.45, 7) is 13.7. The molecule has 1 aromatic carbocycles. The van der Waals surface area contributed by atoms with Gasteiger partial charge in [0.25, 0.3) is 0 Å². The summed E-state index contributed by atoms with van der Waals surface area (Å²) in [6.07, 6.45) is 0.229. The van der Waals surface area contributed by atoms with Crippen LogP contribution in [0.2, 0.25) is 0 Å². The minimum absolute atomic E-state index is 0.204. The summed E-state index contributed by atoms with van der Waals surface area (Å²) < 4.78 is 59.4. The van der Waals surface area contributed by atoms with Gasteiger partial charge in [-0.1, -0.05) is 18.2 Å². The Hall–Kier alpha value is -1.71. The predicted octanol–water partition coefficient (Wildman–Crippen LogP) is 2.42. The van der Waals surface area contributed by atoms with E-state index < -0.39 is 0 Å². The van der Waals surface area contributed by atoms with E-state index in [1.165, 1.54) is 0 Å². The van der Waals surface area contributed by atoms with E-state index in [1.54, 1.807) is 24.3 Å².